The molecule has 230 valence electrons. The van der Waals surface area contributed by atoms with E-state index in [-0.39, 0.29) is 16.7 Å². The van der Waals surface area contributed by atoms with Gasteiger partial charge >= 0.3 is 0 Å². The molecule has 2 aliphatic heterocycles. The Bertz CT molecular complexity index is 1510. The molecule has 0 unspecified atom stereocenters. The van der Waals surface area contributed by atoms with Crippen molar-refractivity contribution in [3.05, 3.63) is 81.7 Å². The summed E-state index contributed by atoms with van der Waals surface area (Å²) in [6, 6.07) is 16.3. The summed E-state index contributed by atoms with van der Waals surface area (Å²) in [5.41, 5.74) is 3.19. The number of ether oxygens (including phenoxy) is 1. The Balaban J connectivity index is 1.39. The summed E-state index contributed by atoms with van der Waals surface area (Å²) in [7, 11) is -3.66. The lowest BCUT2D eigenvalue weighted by Crippen LogP contribution is -2.40. The number of morpholine rings is 1. The van der Waals surface area contributed by atoms with Gasteiger partial charge in [0, 0.05) is 56.3 Å². The van der Waals surface area contributed by atoms with Crippen LogP contribution in [0.25, 0.3) is 0 Å². The van der Waals surface area contributed by atoms with E-state index in [2.05, 4.69) is 36.2 Å². The number of thiophene rings is 1. The molecular weight excluding hydrogens is 585 g/mol. The van der Waals surface area contributed by atoms with Gasteiger partial charge in [0.05, 0.1) is 23.7 Å². The number of sulfonamides is 1. The average molecular weight is 625 g/mol. The normalized spacial score (nSPS) is 16.0. The summed E-state index contributed by atoms with van der Waals surface area (Å²) in [5.74, 6) is -0.415. The number of anilines is 1. The summed E-state index contributed by atoms with van der Waals surface area (Å²) in [5, 5.41) is 3.59. The van der Waals surface area contributed by atoms with Crippen molar-refractivity contribution in [1.29, 1.82) is 0 Å². The predicted molar refractivity (Wildman–Crippen MR) is 169 cm³/mol. The lowest BCUT2D eigenvalue weighted by Gasteiger charge is -2.28. The lowest BCUT2D eigenvalue weighted by atomic mass is 10.0. The third-order valence-corrected chi connectivity index (χ3v) is 10.9. The average Bonchev–Trinajstić information content (AvgIpc) is 3.38. The molecule has 11 heteroatoms. The number of nitrogens with one attached hydrogen (secondary N) is 1. The van der Waals surface area contributed by atoms with Crippen LogP contribution in [0.2, 0.25) is 0 Å². The van der Waals surface area contributed by atoms with Crippen LogP contribution in [0.15, 0.2) is 59.5 Å². The molecule has 0 radical (unpaired) electrons. The molecule has 0 saturated carbocycles. The molecule has 0 bridgehead atoms. The zero-order chi connectivity index (χ0) is 30.4. The third-order valence-electron chi connectivity index (χ3n) is 7.82. The molecule has 5 rings (SSSR count). The van der Waals surface area contributed by atoms with Crippen molar-refractivity contribution in [2.45, 2.75) is 51.1 Å². The van der Waals surface area contributed by atoms with Gasteiger partial charge in [-0.2, -0.15) is 4.31 Å². The Morgan fingerprint density at radius 1 is 0.953 bits per heavy atom. The second kappa shape index (κ2) is 14.1. The van der Waals surface area contributed by atoms with Crippen molar-refractivity contribution >= 4 is 38.2 Å². The largest absolute Gasteiger partial charge is 0.379 e. The summed E-state index contributed by atoms with van der Waals surface area (Å²) in [6.45, 7) is 9.13. The molecule has 0 aliphatic carbocycles. The van der Waals surface area contributed by atoms with Crippen LogP contribution in [0, 0.1) is 0 Å². The zero-order valence-electron chi connectivity index (χ0n) is 24.9. The maximum atomic E-state index is 14.0. The van der Waals surface area contributed by atoms with Crippen molar-refractivity contribution in [3.63, 3.8) is 0 Å². The molecule has 2 aliphatic rings. The Kier molecular flexibility index (Phi) is 10.3. The van der Waals surface area contributed by atoms with Crippen LogP contribution in [0.1, 0.15) is 63.4 Å². The summed E-state index contributed by atoms with van der Waals surface area (Å²) < 4.78 is 32.7. The topological polar surface area (TPSA) is 99.3 Å². The smallest absolute Gasteiger partial charge is 0.257 e. The highest BCUT2D eigenvalue weighted by atomic mass is 32.2. The second-order valence-corrected chi connectivity index (χ2v) is 14.0. The van der Waals surface area contributed by atoms with Crippen LogP contribution in [0.4, 0.5) is 5.00 Å². The van der Waals surface area contributed by atoms with Crippen LogP contribution < -0.4 is 5.32 Å². The third kappa shape index (κ3) is 7.18. The van der Waals surface area contributed by atoms with Gasteiger partial charge in [-0.15, -0.1) is 11.3 Å². The molecule has 3 aromatic rings. The van der Waals surface area contributed by atoms with Crippen molar-refractivity contribution in [1.82, 2.24) is 14.1 Å². The molecule has 3 heterocycles. The fraction of sp³-hybridized carbons (Fsp3) is 0.438. The minimum Gasteiger partial charge on any atom is -0.379 e. The molecule has 2 aromatic carbocycles. The number of benzene rings is 2. The Hall–Kier alpha value is -3.09. The number of rotatable bonds is 11. The van der Waals surface area contributed by atoms with Gasteiger partial charge < -0.3 is 15.0 Å². The van der Waals surface area contributed by atoms with Gasteiger partial charge in [0.25, 0.3) is 11.8 Å². The Morgan fingerprint density at radius 3 is 2.28 bits per heavy atom. The first-order chi connectivity index (χ1) is 20.8. The monoisotopic (exact) mass is 624 g/mol. The van der Waals surface area contributed by atoms with Gasteiger partial charge in [-0.25, -0.2) is 8.42 Å². The van der Waals surface area contributed by atoms with E-state index in [4.69, 9.17) is 4.74 Å². The summed E-state index contributed by atoms with van der Waals surface area (Å²) in [4.78, 5) is 32.9. The number of carbonyl (C=O) groups excluding carboxylic acids is 2. The van der Waals surface area contributed by atoms with E-state index in [1.807, 2.05) is 23.1 Å². The first-order valence-corrected chi connectivity index (χ1v) is 17.3. The predicted octanol–water partition coefficient (Wildman–Crippen LogP) is 4.84. The standard InChI is InChI=1S/C32H40N4O5S2/c1-3-15-35(16-4-2)32(38)29-27-14-17-34(22-24-8-6-5-7-9-24)23-28(27)42-31(29)33-30(37)25-10-12-26(13-11-25)43(39,40)36-18-20-41-21-19-36/h5-13H,3-4,14-23H2,1-2H3,(H,33,37). The van der Waals surface area contributed by atoms with Crippen molar-refractivity contribution in [3.8, 4) is 0 Å². The SMILES string of the molecule is CCCN(CCC)C(=O)c1c(NC(=O)c2ccc(S(=O)(=O)N3CCOCC3)cc2)sc2c1CCN(Cc1ccccc1)C2. The lowest BCUT2D eigenvalue weighted by molar-refractivity contribution is 0.0730. The maximum Gasteiger partial charge on any atom is 0.257 e. The molecule has 1 aromatic heterocycles. The minimum atomic E-state index is -3.66. The summed E-state index contributed by atoms with van der Waals surface area (Å²) in [6.07, 6.45) is 2.43. The Morgan fingerprint density at radius 2 is 1.63 bits per heavy atom. The first kappa shape index (κ1) is 31.3. The molecule has 43 heavy (non-hydrogen) atoms. The highest BCUT2D eigenvalue weighted by molar-refractivity contribution is 7.89. The number of amides is 2. The number of hydrogen-bond donors (Lipinski definition) is 1. The van der Waals surface area contributed by atoms with E-state index in [1.54, 1.807) is 0 Å². The molecule has 9 nitrogen and oxygen atoms in total. The number of nitrogens with zero attached hydrogens (tertiary/aromatic N) is 3. The highest BCUT2D eigenvalue weighted by Crippen LogP contribution is 2.38. The van der Waals surface area contributed by atoms with Crippen LogP contribution >= 0.6 is 11.3 Å². The van der Waals surface area contributed by atoms with Gasteiger partial charge in [-0.3, -0.25) is 14.5 Å². The van der Waals surface area contributed by atoms with Gasteiger partial charge in [0.1, 0.15) is 5.00 Å². The number of fused-ring (bicyclic) bond motifs is 1. The van der Waals surface area contributed by atoms with Crippen LogP contribution in [0.5, 0.6) is 0 Å². The quantitative estimate of drug-likeness (QED) is 0.328. The van der Waals surface area contributed by atoms with E-state index in [0.717, 1.165) is 42.8 Å². The van der Waals surface area contributed by atoms with Crippen molar-refractivity contribution in [2.24, 2.45) is 0 Å². The van der Waals surface area contributed by atoms with E-state index in [0.29, 0.717) is 62.1 Å². The molecule has 1 fully saturated rings. The minimum absolute atomic E-state index is 0.0417. The first-order valence-electron chi connectivity index (χ1n) is 15.0. The molecule has 0 spiro atoms. The van der Waals surface area contributed by atoms with Gasteiger partial charge in [-0.05, 0) is 54.7 Å². The van der Waals surface area contributed by atoms with Crippen molar-refractivity contribution in [2.75, 3.05) is 51.3 Å². The Labute approximate surface area is 258 Å². The number of carbonyl (C=O) groups is 2. The molecule has 2 amide bonds. The fourth-order valence-electron chi connectivity index (χ4n) is 5.65. The van der Waals surface area contributed by atoms with E-state index < -0.39 is 10.0 Å². The molecular formula is C32H40N4O5S2. The number of hydrogen-bond acceptors (Lipinski definition) is 7. The maximum absolute atomic E-state index is 14.0. The second-order valence-electron chi connectivity index (χ2n) is 10.9. The van der Waals surface area contributed by atoms with Gasteiger partial charge in [0.2, 0.25) is 10.0 Å². The van der Waals surface area contributed by atoms with E-state index in [9.17, 15) is 18.0 Å². The fourth-order valence-corrected chi connectivity index (χ4v) is 8.33. The molecule has 0 atom stereocenters. The van der Waals surface area contributed by atoms with E-state index >= 15 is 0 Å². The zero-order valence-corrected chi connectivity index (χ0v) is 26.5. The van der Waals surface area contributed by atoms with Gasteiger partial charge in [0.15, 0.2) is 0 Å². The van der Waals surface area contributed by atoms with Crippen LogP contribution in [-0.4, -0.2) is 80.3 Å². The molecule has 1 saturated heterocycles. The van der Waals surface area contributed by atoms with Crippen LogP contribution in [-0.2, 0) is 34.3 Å². The van der Waals surface area contributed by atoms with Crippen LogP contribution in [0.3, 0.4) is 0 Å². The van der Waals surface area contributed by atoms with E-state index in [1.165, 1.54) is 45.5 Å². The molecule has 1 N–H and O–H groups in total. The van der Waals surface area contributed by atoms with Gasteiger partial charge in [-0.1, -0.05) is 44.2 Å². The highest BCUT2D eigenvalue weighted by Gasteiger charge is 2.31. The summed E-state index contributed by atoms with van der Waals surface area (Å²) >= 11 is 1.47. The van der Waals surface area contributed by atoms with Crippen molar-refractivity contribution < 1.29 is 22.7 Å².